The number of thiazole rings is 1. The van der Waals surface area contributed by atoms with E-state index in [1.807, 2.05) is 19.1 Å². The molecule has 0 atom stereocenters. The molecule has 1 amide bonds. The van der Waals surface area contributed by atoms with Crippen LogP contribution >= 0.6 is 34.7 Å². The molecule has 0 saturated carbocycles. The highest BCUT2D eigenvalue weighted by molar-refractivity contribution is 7.99. The summed E-state index contributed by atoms with van der Waals surface area (Å²) in [5.74, 6) is 0.298. The van der Waals surface area contributed by atoms with Gasteiger partial charge in [0.05, 0.1) is 0 Å². The van der Waals surface area contributed by atoms with E-state index in [2.05, 4.69) is 10.3 Å². The molecule has 8 heteroatoms. The second-order valence-corrected chi connectivity index (χ2v) is 7.46. The molecule has 0 bridgehead atoms. The van der Waals surface area contributed by atoms with Crippen molar-refractivity contribution < 1.29 is 4.79 Å². The molecule has 2 aromatic heterocycles. The number of aromatic nitrogens is 2. The van der Waals surface area contributed by atoms with Crippen molar-refractivity contribution in [2.24, 2.45) is 0 Å². The van der Waals surface area contributed by atoms with E-state index < -0.39 is 5.91 Å². The third-order valence-corrected chi connectivity index (χ3v) is 5.13. The monoisotopic (exact) mass is 379 g/mol. The second kappa shape index (κ2) is 7.38. The predicted molar refractivity (Wildman–Crippen MR) is 98.4 cm³/mol. The molecule has 24 heavy (non-hydrogen) atoms. The van der Waals surface area contributed by atoms with Crippen molar-refractivity contribution >= 4 is 45.6 Å². The molecule has 0 aliphatic carbocycles. The summed E-state index contributed by atoms with van der Waals surface area (Å²) in [4.78, 5) is 30.2. The zero-order chi connectivity index (χ0) is 17.1. The fraction of sp³-hybridized carbons (Fsp3) is 0.188. The first-order chi connectivity index (χ1) is 11.6. The van der Waals surface area contributed by atoms with Crippen molar-refractivity contribution in [2.45, 2.75) is 18.5 Å². The highest BCUT2D eigenvalue weighted by atomic mass is 35.5. The van der Waals surface area contributed by atoms with E-state index >= 15 is 0 Å². The van der Waals surface area contributed by atoms with Crippen LogP contribution in [-0.2, 0) is 6.54 Å². The van der Waals surface area contributed by atoms with Gasteiger partial charge in [-0.3, -0.25) is 14.0 Å². The number of hydrogen-bond donors (Lipinski definition) is 1. The number of hydrogen-bond acceptors (Lipinski definition) is 5. The summed E-state index contributed by atoms with van der Waals surface area (Å²) in [6.45, 7) is 2.25. The Labute approximate surface area is 151 Å². The summed E-state index contributed by atoms with van der Waals surface area (Å²) in [7, 11) is 0. The normalized spacial score (nSPS) is 10.9. The van der Waals surface area contributed by atoms with Crippen molar-refractivity contribution in [3.63, 3.8) is 0 Å². The maximum absolute atomic E-state index is 12.6. The molecule has 0 saturated heterocycles. The molecule has 0 aliphatic rings. The van der Waals surface area contributed by atoms with Crippen LogP contribution in [0.15, 0.2) is 45.7 Å². The van der Waals surface area contributed by atoms with Crippen LogP contribution in [0.25, 0.3) is 4.96 Å². The van der Waals surface area contributed by atoms with Gasteiger partial charge in [-0.1, -0.05) is 30.7 Å². The van der Waals surface area contributed by atoms with Crippen molar-refractivity contribution in [1.29, 1.82) is 0 Å². The van der Waals surface area contributed by atoms with Crippen molar-refractivity contribution in [1.82, 2.24) is 14.7 Å². The lowest BCUT2D eigenvalue weighted by Crippen LogP contribution is -2.32. The van der Waals surface area contributed by atoms with Crippen LogP contribution in [-0.4, -0.2) is 21.0 Å². The van der Waals surface area contributed by atoms with Gasteiger partial charge in [0.2, 0.25) is 0 Å². The van der Waals surface area contributed by atoms with E-state index in [0.717, 1.165) is 11.3 Å². The summed E-state index contributed by atoms with van der Waals surface area (Å²) < 4.78 is 1.40. The number of carbonyl (C=O) groups is 1. The van der Waals surface area contributed by atoms with Crippen LogP contribution in [0.3, 0.4) is 0 Å². The number of carbonyl (C=O) groups excluding carboxylic acids is 1. The first-order valence-electron chi connectivity index (χ1n) is 7.25. The van der Waals surface area contributed by atoms with Gasteiger partial charge in [0, 0.05) is 23.1 Å². The fourth-order valence-electron chi connectivity index (χ4n) is 2.22. The number of amides is 1. The van der Waals surface area contributed by atoms with E-state index in [1.54, 1.807) is 23.7 Å². The van der Waals surface area contributed by atoms with E-state index in [4.69, 9.17) is 11.6 Å². The fourth-order valence-corrected chi connectivity index (χ4v) is 3.94. The molecule has 1 aromatic carbocycles. The van der Waals surface area contributed by atoms with Crippen molar-refractivity contribution in [3.8, 4) is 0 Å². The Balaban J connectivity index is 1.92. The summed E-state index contributed by atoms with van der Waals surface area (Å²) in [6.07, 6.45) is 1.63. The first kappa shape index (κ1) is 17.0. The number of halogens is 1. The molecule has 0 spiro atoms. The van der Waals surface area contributed by atoms with Gasteiger partial charge in [-0.15, -0.1) is 23.1 Å². The second-order valence-electron chi connectivity index (χ2n) is 4.90. The minimum Gasteiger partial charge on any atom is -0.348 e. The Hall–Kier alpha value is -1.83. The molecule has 3 rings (SSSR count). The standard InChI is InChI=1S/C16H14ClN3O2S2/c1-2-23-14-12(15(22)20-6-7-24-16(20)19-14)13(21)18-9-10-4-3-5-11(17)8-10/h3-8H,2,9H2,1H3,(H,18,21). The summed E-state index contributed by atoms with van der Waals surface area (Å²) in [5.41, 5.74) is 0.603. The van der Waals surface area contributed by atoms with Gasteiger partial charge >= 0.3 is 0 Å². The third-order valence-electron chi connectivity index (χ3n) is 3.28. The Bertz CT molecular complexity index is 952. The number of rotatable bonds is 5. The molecule has 0 unspecified atom stereocenters. The predicted octanol–water partition coefficient (Wildman–Crippen LogP) is 3.45. The molecular weight excluding hydrogens is 366 g/mol. The zero-order valence-electron chi connectivity index (χ0n) is 12.8. The van der Waals surface area contributed by atoms with E-state index in [0.29, 0.717) is 21.6 Å². The highest BCUT2D eigenvalue weighted by Crippen LogP contribution is 2.20. The number of nitrogens with one attached hydrogen (secondary N) is 1. The van der Waals surface area contributed by atoms with Gasteiger partial charge in [0.1, 0.15) is 10.6 Å². The number of benzene rings is 1. The molecule has 124 valence electrons. The van der Waals surface area contributed by atoms with Crippen LogP contribution in [0.4, 0.5) is 0 Å². The average molecular weight is 380 g/mol. The number of fused-ring (bicyclic) bond motifs is 1. The smallest absolute Gasteiger partial charge is 0.272 e. The van der Waals surface area contributed by atoms with E-state index in [9.17, 15) is 9.59 Å². The maximum atomic E-state index is 12.6. The topological polar surface area (TPSA) is 63.5 Å². The van der Waals surface area contributed by atoms with Crippen LogP contribution in [0.5, 0.6) is 0 Å². The maximum Gasteiger partial charge on any atom is 0.272 e. The minimum atomic E-state index is -0.427. The molecule has 0 fully saturated rings. The van der Waals surface area contributed by atoms with Crippen LogP contribution in [0.1, 0.15) is 22.8 Å². The molecule has 3 aromatic rings. The van der Waals surface area contributed by atoms with Gasteiger partial charge in [0.25, 0.3) is 11.5 Å². The SMILES string of the molecule is CCSc1nc2sccn2c(=O)c1C(=O)NCc1cccc(Cl)c1. The van der Waals surface area contributed by atoms with E-state index in [-0.39, 0.29) is 11.1 Å². The molecule has 0 aliphatic heterocycles. The Morgan fingerprint density at radius 2 is 2.29 bits per heavy atom. The van der Waals surface area contributed by atoms with Gasteiger partial charge in [0.15, 0.2) is 4.96 Å². The summed E-state index contributed by atoms with van der Waals surface area (Å²) in [6, 6.07) is 7.22. The van der Waals surface area contributed by atoms with Gasteiger partial charge in [-0.05, 0) is 23.4 Å². The summed E-state index contributed by atoms with van der Waals surface area (Å²) >= 11 is 8.70. The van der Waals surface area contributed by atoms with Crippen molar-refractivity contribution in [3.05, 3.63) is 62.3 Å². The Morgan fingerprint density at radius 3 is 3.04 bits per heavy atom. The average Bonchev–Trinajstić information content (AvgIpc) is 3.02. The van der Waals surface area contributed by atoms with Gasteiger partial charge in [-0.25, -0.2) is 4.98 Å². The number of thioether (sulfide) groups is 1. The molecule has 2 heterocycles. The lowest BCUT2D eigenvalue weighted by Gasteiger charge is -2.09. The van der Waals surface area contributed by atoms with Crippen molar-refractivity contribution in [2.75, 3.05) is 5.75 Å². The van der Waals surface area contributed by atoms with Gasteiger partial charge < -0.3 is 5.32 Å². The number of nitrogens with zero attached hydrogens (tertiary/aromatic N) is 2. The minimum absolute atomic E-state index is 0.0831. The molecule has 1 N–H and O–H groups in total. The first-order valence-corrected chi connectivity index (χ1v) is 9.49. The molecule has 0 radical (unpaired) electrons. The highest BCUT2D eigenvalue weighted by Gasteiger charge is 2.20. The lowest BCUT2D eigenvalue weighted by atomic mass is 10.2. The largest absolute Gasteiger partial charge is 0.348 e. The zero-order valence-corrected chi connectivity index (χ0v) is 15.2. The molecular formula is C16H14ClN3O2S2. The summed E-state index contributed by atoms with van der Waals surface area (Å²) in [5, 5.41) is 5.62. The van der Waals surface area contributed by atoms with Crippen LogP contribution < -0.4 is 10.9 Å². The molecule has 5 nitrogen and oxygen atoms in total. The third kappa shape index (κ3) is 3.48. The van der Waals surface area contributed by atoms with Gasteiger partial charge in [-0.2, -0.15) is 0 Å². The quantitative estimate of drug-likeness (QED) is 0.544. The van der Waals surface area contributed by atoms with Crippen LogP contribution in [0, 0.1) is 0 Å². The Kier molecular flexibility index (Phi) is 5.23. The van der Waals surface area contributed by atoms with Crippen LogP contribution in [0.2, 0.25) is 5.02 Å². The Morgan fingerprint density at radius 1 is 1.46 bits per heavy atom. The van der Waals surface area contributed by atoms with E-state index in [1.165, 1.54) is 27.5 Å². The lowest BCUT2D eigenvalue weighted by molar-refractivity contribution is 0.0945.